The van der Waals surface area contributed by atoms with Gasteiger partial charge >= 0.3 is 5.97 Å². The molecule has 0 N–H and O–H groups in total. The molecular weight excluding hydrogens is 248 g/mol. The normalized spacial score (nSPS) is 36.3. The van der Waals surface area contributed by atoms with Crippen LogP contribution in [0, 0.1) is 23.7 Å². The van der Waals surface area contributed by atoms with Gasteiger partial charge in [-0.3, -0.25) is 4.79 Å². The summed E-state index contributed by atoms with van der Waals surface area (Å²) in [5.41, 5.74) is 1.02. The zero-order chi connectivity index (χ0) is 13.5. The van der Waals surface area contributed by atoms with E-state index in [0.717, 1.165) is 5.56 Å². The first-order valence-corrected chi connectivity index (χ1v) is 7.41. The second-order valence-electron chi connectivity index (χ2n) is 6.10. The van der Waals surface area contributed by atoms with Crippen LogP contribution in [0.15, 0.2) is 54.6 Å². The highest BCUT2D eigenvalue weighted by Gasteiger charge is 2.50. The summed E-state index contributed by atoms with van der Waals surface area (Å²) in [6.07, 6.45) is 10.6. The number of rotatable bonds is 3. The fourth-order valence-electron chi connectivity index (χ4n) is 4.07. The number of carbonyl (C=O) groups excluding carboxylic acids is 1. The Morgan fingerprint density at radius 2 is 1.85 bits per heavy atom. The van der Waals surface area contributed by atoms with Gasteiger partial charge in [0.15, 0.2) is 0 Å². The van der Waals surface area contributed by atoms with E-state index in [4.69, 9.17) is 4.74 Å². The van der Waals surface area contributed by atoms with Crippen molar-refractivity contribution < 1.29 is 9.53 Å². The van der Waals surface area contributed by atoms with Gasteiger partial charge in [0.05, 0.1) is 6.42 Å². The number of allylic oxidation sites excluding steroid dienone is 3. The van der Waals surface area contributed by atoms with Crippen molar-refractivity contribution in [1.82, 2.24) is 0 Å². The molecule has 5 atom stereocenters. The Morgan fingerprint density at radius 1 is 1.05 bits per heavy atom. The van der Waals surface area contributed by atoms with Crippen LogP contribution >= 0.6 is 0 Å². The van der Waals surface area contributed by atoms with E-state index in [0.29, 0.717) is 30.1 Å². The van der Waals surface area contributed by atoms with Crippen molar-refractivity contribution in [2.24, 2.45) is 23.7 Å². The minimum absolute atomic E-state index is 0.0174. The minimum Gasteiger partial charge on any atom is -0.458 e. The number of hydrogen-bond acceptors (Lipinski definition) is 2. The van der Waals surface area contributed by atoms with Gasteiger partial charge in [0.1, 0.15) is 6.10 Å². The summed E-state index contributed by atoms with van der Waals surface area (Å²) in [7, 11) is 0. The van der Waals surface area contributed by atoms with E-state index in [2.05, 4.69) is 24.3 Å². The summed E-state index contributed by atoms with van der Waals surface area (Å²) in [4.78, 5) is 12.1. The molecule has 2 bridgehead atoms. The molecule has 4 rings (SSSR count). The summed E-state index contributed by atoms with van der Waals surface area (Å²) in [5.74, 6) is 2.26. The molecule has 0 radical (unpaired) electrons. The highest BCUT2D eigenvalue weighted by Crippen LogP contribution is 2.53. The molecule has 102 valence electrons. The average Bonchev–Trinajstić information content (AvgIpc) is 3.13. The van der Waals surface area contributed by atoms with E-state index in [9.17, 15) is 4.79 Å². The molecule has 0 amide bonds. The van der Waals surface area contributed by atoms with Gasteiger partial charge in [0, 0.05) is 5.92 Å². The molecule has 0 aromatic heterocycles. The lowest BCUT2D eigenvalue weighted by atomic mass is 9.84. The molecule has 2 heteroatoms. The van der Waals surface area contributed by atoms with E-state index in [1.807, 2.05) is 30.3 Å². The van der Waals surface area contributed by atoms with Crippen LogP contribution < -0.4 is 0 Å². The number of hydrogen-bond donors (Lipinski definition) is 0. The van der Waals surface area contributed by atoms with Gasteiger partial charge < -0.3 is 4.74 Å². The number of esters is 1. The molecule has 0 spiro atoms. The van der Waals surface area contributed by atoms with E-state index in [-0.39, 0.29) is 12.1 Å². The molecule has 0 saturated heterocycles. The molecule has 1 aromatic rings. The van der Waals surface area contributed by atoms with Crippen molar-refractivity contribution in [1.29, 1.82) is 0 Å². The topological polar surface area (TPSA) is 26.3 Å². The van der Waals surface area contributed by atoms with Gasteiger partial charge in [-0.15, -0.1) is 0 Å². The highest BCUT2D eigenvalue weighted by molar-refractivity contribution is 5.73. The summed E-state index contributed by atoms with van der Waals surface area (Å²) in [5, 5.41) is 0. The zero-order valence-corrected chi connectivity index (χ0v) is 11.3. The molecule has 0 aliphatic heterocycles. The van der Waals surface area contributed by atoms with Crippen molar-refractivity contribution in [3.05, 3.63) is 60.2 Å². The molecule has 5 unspecified atom stereocenters. The van der Waals surface area contributed by atoms with Crippen LogP contribution in [0.4, 0.5) is 0 Å². The summed E-state index contributed by atoms with van der Waals surface area (Å²) >= 11 is 0. The van der Waals surface area contributed by atoms with Gasteiger partial charge in [-0.2, -0.15) is 0 Å². The first-order valence-electron chi connectivity index (χ1n) is 7.41. The second kappa shape index (κ2) is 4.62. The van der Waals surface area contributed by atoms with Crippen LogP contribution in [-0.4, -0.2) is 12.1 Å². The molecule has 3 aliphatic rings. The zero-order valence-electron chi connectivity index (χ0n) is 11.3. The molecule has 1 fully saturated rings. The Labute approximate surface area is 119 Å². The molecule has 1 aromatic carbocycles. The maximum Gasteiger partial charge on any atom is 0.310 e. The Bertz CT molecular complexity index is 572. The van der Waals surface area contributed by atoms with Crippen LogP contribution in [0.25, 0.3) is 0 Å². The van der Waals surface area contributed by atoms with Crippen molar-refractivity contribution in [3.8, 4) is 0 Å². The summed E-state index contributed by atoms with van der Waals surface area (Å²) < 4.78 is 5.72. The quantitative estimate of drug-likeness (QED) is 0.620. The van der Waals surface area contributed by atoms with E-state index >= 15 is 0 Å². The summed E-state index contributed by atoms with van der Waals surface area (Å²) in [6.45, 7) is 0. The van der Waals surface area contributed by atoms with Crippen molar-refractivity contribution in [2.45, 2.75) is 18.9 Å². The third kappa shape index (κ3) is 1.91. The van der Waals surface area contributed by atoms with Crippen molar-refractivity contribution >= 4 is 5.97 Å². The van der Waals surface area contributed by atoms with Gasteiger partial charge in [-0.1, -0.05) is 48.6 Å². The van der Waals surface area contributed by atoms with Gasteiger partial charge in [0.2, 0.25) is 0 Å². The monoisotopic (exact) mass is 266 g/mol. The smallest absolute Gasteiger partial charge is 0.310 e. The summed E-state index contributed by atoms with van der Waals surface area (Å²) in [6, 6.07) is 9.80. The first-order chi connectivity index (χ1) is 9.81. The molecule has 1 saturated carbocycles. The maximum absolute atomic E-state index is 12.1. The van der Waals surface area contributed by atoms with Crippen molar-refractivity contribution in [3.63, 3.8) is 0 Å². The van der Waals surface area contributed by atoms with Crippen LogP contribution in [-0.2, 0) is 16.0 Å². The lowest BCUT2D eigenvalue weighted by Crippen LogP contribution is -2.29. The van der Waals surface area contributed by atoms with Crippen LogP contribution in [0.3, 0.4) is 0 Å². The van der Waals surface area contributed by atoms with E-state index < -0.39 is 0 Å². The average molecular weight is 266 g/mol. The first kappa shape index (κ1) is 12.0. The molecule has 2 nitrogen and oxygen atoms in total. The largest absolute Gasteiger partial charge is 0.458 e. The number of carbonyl (C=O) groups is 1. The Kier molecular flexibility index (Phi) is 2.76. The van der Waals surface area contributed by atoms with Gasteiger partial charge in [-0.05, 0) is 35.8 Å². The second-order valence-corrected chi connectivity index (χ2v) is 6.10. The Morgan fingerprint density at radius 3 is 2.70 bits per heavy atom. The highest BCUT2D eigenvalue weighted by atomic mass is 16.5. The Balaban J connectivity index is 1.41. The van der Waals surface area contributed by atoms with Crippen LogP contribution in [0.2, 0.25) is 0 Å². The SMILES string of the molecule is O=C(Cc1ccccc1)OC1C=CC2C3C=CC(C3)C12. The van der Waals surface area contributed by atoms with Crippen LogP contribution in [0.1, 0.15) is 12.0 Å². The number of fused-ring (bicyclic) bond motifs is 5. The van der Waals surface area contributed by atoms with Gasteiger partial charge in [0.25, 0.3) is 0 Å². The fourth-order valence-corrected chi connectivity index (χ4v) is 4.07. The lowest BCUT2D eigenvalue weighted by Gasteiger charge is -2.26. The molecular formula is C18H18O2. The third-order valence-electron chi connectivity index (χ3n) is 4.94. The fraction of sp³-hybridized carbons (Fsp3) is 0.389. The third-order valence-corrected chi connectivity index (χ3v) is 4.94. The van der Waals surface area contributed by atoms with E-state index in [1.54, 1.807) is 0 Å². The Hall–Kier alpha value is -1.83. The molecule has 20 heavy (non-hydrogen) atoms. The van der Waals surface area contributed by atoms with E-state index in [1.165, 1.54) is 6.42 Å². The molecule has 3 aliphatic carbocycles. The van der Waals surface area contributed by atoms with Crippen LogP contribution in [0.5, 0.6) is 0 Å². The standard InChI is InChI=1S/C18H18O2/c19-17(10-12-4-2-1-3-5-12)20-16-9-8-15-13-6-7-14(11-13)18(15)16/h1-9,13-16,18H,10-11H2. The predicted octanol–water partition coefficient (Wildman–Crippen LogP) is 3.15. The van der Waals surface area contributed by atoms with Crippen molar-refractivity contribution in [2.75, 3.05) is 0 Å². The lowest BCUT2D eigenvalue weighted by molar-refractivity contribution is -0.148. The number of ether oxygens (including phenoxy) is 1. The predicted molar refractivity (Wildman–Crippen MR) is 76.9 cm³/mol. The maximum atomic E-state index is 12.1. The molecule has 0 heterocycles. The van der Waals surface area contributed by atoms with Gasteiger partial charge in [-0.25, -0.2) is 0 Å². The minimum atomic E-state index is -0.113. The number of benzene rings is 1.